The molecule has 0 saturated carbocycles. The molecule has 2 N–H and O–H groups in total. The zero-order valence-corrected chi connectivity index (χ0v) is 14.2. The van der Waals surface area contributed by atoms with E-state index in [1.807, 2.05) is 0 Å². The first-order valence-electron chi connectivity index (χ1n) is 7.78. The predicted octanol–water partition coefficient (Wildman–Crippen LogP) is 3.03. The van der Waals surface area contributed by atoms with Gasteiger partial charge in [0.15, 0.2) is 5.76 Å². The van der Waals surface area contributed by atoms with Gasteiger partial charge < -0.3 is 20.0 Å². The zero-order valence-electron chi connectivity index (χ0n) is 13.4. The summed E-state index contributed by atoms with van der Waals surface area (Å²) in [6.07, 6.45) is 1.66. The second kappa shape index (κ2) is 7.89. The minimum atomic E-state index is -0.362. The van der Waals surface area contributed by atoms with Crippen LogP contribution in [0.1, 0.15) is 17.0 Å². The number of hydrogen-bond donors (Lipinski definition) is 2. The van der Waals surface area contributed by atoms with E-state index in [4.69, 9.17) is 4.42 Å². The zero-order chi connectivity index (χ0) is 17.6. The minimum absolute atomic E-state index is 0.0236. The van der Waals surface area contributed by atoms with E-state index in [9.17, 15) is 14.4 Å². The maximum absolute atomic E-state index is 12.0. The lowest BCUT2D eigenvalue weighted by atomic mass is 10.2. The molecule has 1 fully saturated rings. The van der Waals surface area contributed by atoms with E-state index in [1.165, 1.54) is 18.0 Å². The Morgan fingerprint density at radius 1 is 1.16 bits per heavy atom. The van der Waals surface area contributed by atoms with Gasteiger partial charge in [-0.15, -0.1) is 0 Å². The van der Waals surface area contributed by atoms with Crippen LogP contribution in [-0.4, -0.2) is 40.8 Å². The van der Waals surface area contributed by atoms with Gasteiger partial charge in [0.1, 0.15) is 0 Å². The van der Waals surface area contributed by atoms with E-state index in [0.717, 1.165) is 5.75 Å². The van der Waals surface area contributed by atoms with Crippen molar-refractivity contribution in [3.05, 3.63) is 48.4 Å². The second-order valence-corrected chi connectivity index (χ2v) is 6.46. The number of nitrogens with one attached hydrogen (secondary N) is 2. The number of furan rings is 1. The Hall–Kier alpha value is -2.74. The van der Waals surface area contributed by atoms with Gasteiger partial charge in [-0.25, -0.2) is 0 Å². The Balaban J connectivity index is 1.53. The van der Waals surface area contributed by atoms with Crippen molar-refractivity contribution in [2.45, 2.75) is 6.42 Å². The minimum Gasteiger partial charge on any atom is -0.459 e. The molecule has 3 rings (SSSR count). The lowest BCUT2D eigenvalue weighted by Crippen LogP contribution is -2.27. The molecule has 0 atom stereocenters. The topological polar surface area (TPSA) is 91.7 Å². The summed E-state index contributed by atoms with van der Waals surface area (Å²) in [5.41, 5.74) is 1.12. The number of hydrogen-bond acceptors (Lipinski definition) is 5. The Morgan fingerprint density at radius 3 is 2.64 bits per heavy atom. The van der Waals surface area contributed by atoms with E-state index in [0.29, 0.717) is 24.5 Å². The highest BCUT2D eigenvalue weighted by Gasteiger charge is 2.21. The summed E-state index contributed by atoms with van der Waals surface area (Å²) >= 11 is 1.27. The molecule has 25 heavy (non-hydrogen) atoms. The Kier molecular flexibility index (Phi) is 5.39. The molecule has 1 aliphatic rings. The summed E-state index contributed by atoms with van der Waals surface area (Å²) in [6.45, 7) is 1.09. The molecule has 0 radical (unpaired) electrons. The normalized spacial score (nSPS) is 13.8. The first-order valence-corrected chi connectivity index (χ1v) is 8.77. The third-order valence-electron chi connectivity index (χ3n) is 3.60. The molecule has 0 bridgehead atoms. The highest BCUT2D eigenvalue weighted by Crippen LogP contribution is 2.18. The number of carbonyl (C=O) groups excluding carboxylic acids is 3. The summed E-state index contributed by atoms with van der Waals surface area (Å²) in [5, 5.41) is 5.50. The molecule has 0 spiro atoms. The number of thioether (sulfide) groups is 1. The van der Waals surface area contributed by atoms with Crippen LogP contribution in [0.25, 0.3) is 0 Å². The fraction of sp³-hybridized carbons (Fsp3) is 0.235. The summed E-state index contributed by atoms with van der Waals surface area (Å²) in [6, 6.07) is 10.0. The number of nitrogens with zero attached hydrogens (tertiary/aromatic N) is 1. The van der Waals surface area contributed by atoms with Gasteiger partial charge in [0.2, 0.25) is 5.91 Å². The number of amides is 3. The molecule has 7 nitrogen and oxygen atoms in total. The largest absolute Gasteiger partial charge is 0.459 e. The maximum atomic E-state index is 12.0. The van der Waals surface area contributed by atoms with Gasteiger partial charge in [0.25, 0.3) is 11.1 Å². The van der Waals surface area contributed by atoms with Crippen LogP contribution < -0.4 is 10.6 Å². The van der Waals surface area contributed by atoms with Crippen LogP contribution >= 0.6 is 11.8 Å². The molecule has 2 aromatic rings. The van der Waals surface area contributed by atoms with Crippen molar-refractivity contribution in [1.82, 2.24) is 4.90 Å². The predicted molar refractivity (Wildman–Crippen MR) is 95.8 cm³/mol. The fourth-order valence-electron chi connectivity index (χ4n) is 2.36. The van der Waals surface area contributed by atoms with Gasteiger partial charge in [-0.05, 0) is 30.3 Å². The van der Waals surface area contributed by atoms with Gasteiger partial charge in [0.05, 0.1) is 6.26 Å². The Labute approximate surface area is 148 Å². The van der Waals surface area contributed by atoms with Crippen LogP contribution in [0.4, 0.5) is 16.2 Å². The molecule has 2 heterocycles. The summed E-state index contributed by atoms with van der Waals surface area (Å²) in [4.78, 5) is 37.2. The number of carbonyl (C=O) groups is 3. The van der Waals surface area contributed by atoms with Crippen molar-refractivity contribution in [3.8, 4) is 0 Å². The molecular formula is C17H17N3O4S. The van der Waals surface area contributed by atoms with Crippen molar-refractivity contribution >= 4 is 40.2 Å². The van der Waals surface area contributed by atoms with Crippen molar-refractivity contribution in [2.75, 3.05) is 29.5 Å². The first kappa shape index (κ1) is 17.1. The van der Waals surface area contributed by atoms with Crippen molar-refractivity contribution in [2.24, 2.45) is 0 Å². The number of rotatable bonds is 6. The SMILES string of the molecule is O=C(CCN1CCSC1=O)Nc1cccc(NC(=O)c2ccco2)c1. The summed E-state index contributed by atoms with van der Waals surface area (Å²) < 4.78 is 5.04. The van der Waals surface area contributed by atoms with Gasteiger partial charge in [0, 0.05) is 36.6 Å². The Bertz CT molecular complexity index is 776. The van der Waals surface area contributed by atoms with E-state index < -0.39 is 0 Å². The Morgan fingerprint density at radius 2 is 1.96 bits per heavy atom. The second-order valence-electron chi connectivity index (χ2n) is 5.41. The van der Waals surface area contributed by atoms with Crippen LogP contribution in [0.15, 0.2) is 47.1 Å². The van der Waals surface area contributed by atoms with E-state index in [1.54, 1.807) is 41.3 Å². The first-order chi connectivity index (χ1) is 12.1. The number of benzene rings is 1. The van der Waals surface area contributed by atoms with Crippen LogP contribution in [0.5, 0.6) is 0 Å². The molecule has 1 saturated heterocycles. The average Bonchev–Trinajstić information content (AvgIpc) is 3.25. The standard InChI is InChI=1S/C17H17N3O4S/c21-15(6-7-20-8-10-25-17(20)23)18-12-3-1-4-13(11-12)19-16(22)14-5-2-9-24-14/h1-5,9,11H,6-8,10H2,(H,18,21)(H,19,22). The van der Waals surface area contributed by atoms with Crippen molar-refractivity contribution in [3.63, 3.8) is 0 Å². The third-order valence-corrected chi connectivity index (χ3v) is 4.49. The molecule has 1 aromatic carbocycles. The van der Waals surface area contributed by atoms with Gasteiger partial charge in [-0.3, -0.25) is 14.4 Å². The van der Waals surface area contributed by atoms with Gasteiger partial charge in [-0.2, -0.15) is 0 Å². The highest BCUT2D eigenvalue weighted by atomic mass is 32.2. The third kappa shape index (κ3) is 4.63. The molecule has 3 amide bonds. The molecule has 0 unspecified atom stereocenters. The number of anilines is 2. The quantitative estimate of drug-likeness (QED) is 0.827. The fourth-order valence-corrected chi connectivity index (χ4v) is 3.22. The molecule has 8 heteroatoms. The van der Waals surface area contributed by atoms with E-state index in [-0.39, 0.29) is 29.2 Å². The molecule has 130 valence electrons. The van der Waals surface area contributed by atoms with Crippen LogP contribution in [0, 0.1) is 0 Å². The molecule has 0 aliphatic carbocycles. The van der Waals surface area contributed by atoms with Crippen LogP contribution in [0.2, 0.25) is 0 Å². The van der Waals surface area contributed by atoms with E-state index >= 15 is 0 Å². The lowest BCUT2D eigenvalue weighted by molar-refractivity contribution is -0.116. The smallest absolute Gasteiger partial charge is 0.291 e. The highest BCUT2D eigenvalue weighted by molar-refractivity contribution is 8.13. The van der Waals surface area contributed by atoms with Crippen molar-refractivity contribution in [1.29, 1.82) is 0 Å². The molecule has 1 aliphatic heterocycles. The van der Waals surface area contributed by atoms with Gasteiger partial charge >= 0.3 is 0 Å². The molecule has 1 aromatic heterocycles. The molecular weight excluding hydrogens is 342 g/mol. The summed E-state index contributed by atoms with van der Waals surface area (Å²) in [7, 11) is 0. The van der Waals surface area contributed by atoms with Crippen LogP contribution in [-0.2, 0) is 4.79 Å². The average molecular weight is 359 g/mol. The van der Waals surface area contributed by atoms with Crippen molar-refractivity contribution < 1.29 is 18.8 Å². The maximum Gasteiger partial charge on any atom is 0.291 e. The van der Waals surface area contributed by atoms with Crippen LogP contribution in [0.3, 0.4) is 0 Å². The summed E-state index contributed by atoms with van der Waals surface area (Å²) in [5.74, 6) is 0.443. The van der Waals surface area contributed by atoms with E-state index in [2.05, 4.69) is 10.6 Å². The lowest BCUT2D eigenvalue weighted by Gasteiger charge is -2.14. The monoisotopic (exact) mass is 359 g/mol. The van der Waals surface area contributed by atoms with Gasteiger partial charge in [-0.1, -0.05) is 17.8 Å².